The van der Waals surface area contributed by atoms with Gasteiger partial charge in [0.25, 0.3) is 0 Å². The van der Waals surface area contributed by atoms with E-state index in [1.54, 1.807) is 17.8 Å². The molecule has 3 rings (SSSR count). The van der Waals surface area contributed by atoms with Crippen LogP contribution in [0.2, 0.25) is 0 Å². The highest BCUT2D eigenvalue weighted by Crippen LogP contribution is 2.29. The second-order valence-corrected chi connectivity index (χ2v) is 6.26. The molecule has 8 heteroatoms. The number of nitrogens with one attached hydrogen (secondary N) is 2. The standard InChI is InChI=1S/C9H8ClN3OS.C7H10N2.C2H4/c1-13-6(4-14)5(3-11)8-9(13)12-7(2-10)15-8;1-8-5-7-3-2-4-9-6-7;1-2/h3-4,11H,2H2,1H3;2-4,6,8H,5H2,1H3;1-2H2. The Morgan fingerprint density at radius 3 is 2.69 bits per heavy atom. The Kier molecular flexibility index (Phi) is 9.43. The summed E-state index contributed by atoms with van der Waals surface area (Å²) >= 11 is 7.11. The molecule has 0 saturated carbocycles. The van der Waals surface area contributed by atoms with Gasteiger partial charge in [0.05, 0.1) is 16.3 Å². The average molecular weight is 392 g/mol. The molecule has 0 radical (unpaired) electrons. The van der Waals surface area contributed by atoms with Crippen LogP contribution in [-0.2, 0) is 19.5 Å². The number of pyridine rings is 1. The molecule has 3 heterocycles. The summed E-state index contributed by atoms with van der Waals surface area (Å²) in [5.74, 6) is 0.354. The maximum absolute atomic E-state index is 10.9. The van der Waals surface area contributed by atoms with E-state index in [2.05, 4.69) is 28.4 Å². The molecule has 0 aliphatic rings. The molecule has 0 spiro atoms. The van der Waals surface area contributed by atoms with Crippen molar-refractivity contribution in [2.75, 3.05) is 7.05 Å². The molecule has 6 nitrogen and oxygen atoms in total. The number of hydrogen-bond acceptors (Lipinski definition) is 6. The van der Waals surface area contributed by atoms with Gasteiger partial charge in [-0.3, -0.25) is 9.78 Å². The number of carbonyl (C=O) groups is 1. The lowest BCUT2D eigenvalue weighted by molar-refractivity contribution is 0.111. The number of hydrogen-bond donors (Lipinski definition) is 2. The van der Waals surface area contributed by atoms with E-state index in [1.165, 1.54) is 23.1 Å². The first-order valence-corrected chi connectivity index (χ1v) is 9.04. The van der Waals surface area contributed by atoms with Gasteiger partial charge in [-0.05, 0) is 18.7 Å². The molecule has 3 aromatic rings. The Morgan fingerprint density at radius 1 is 1.46 bits per heavy atom. The van der Waals surface area contributed by atoms with Gasteiger partial charge in [-0.1, -0.05) is 6.07 Å². The number of carbonyl (C=O) groups excluding carboxylic acids is 1. The Bertz CT molecular complexity index is 844. The molecule has 138 valence electrons. The van der Waals surface area contributed by atoms with E-state index in [0.29, 0.717) is 17.1 Å². The summed E-state index contributed by atoms with van der Waals surface area (Å²) in [6.07, 6.45) is 5.56. The van der Waals surface area contributed by atoms with E-state index in [9.17, 15) is 4.79 Å². The molecular weight excluding hydrogens is 370 g/mol. The van der Waals surface area contributed by atoms with Gasteiger partial charge >= 0.3 is 0 Å². The first-order chi connectivity index (χ1) is 12.7. The predicted molar refractivity (Wildman–Crippen MR) is 110 cm³/mol. The number of fused-ring (bicyclic) bond motifs is 1. The third-order valence-corrected chi connectivity index (χ3v) is 4.82. The molecule has 0 unspecified atom stereocenters. The summed E-state index contributed by atoms with van der Waals surface area (Å²) in [6, 6.07) is 3.98. The van der Waals surface area contributed by atoms with Crippen LogP contribution in [0.3, 0.4) is 0 Å². The summed E-state index contributed by atoms with van der Waals surface area (Å²) in [4.78, 5) is 19.1. The minimum Gasteiger partial charge on any atom is -0.325 e. The van der Waals surface area contributed by atoms with Crippen LogP contribution in [0, 0.1) is 5.41 Å². The number of aryl methyl sites for hydroxylation is 1. The van der Waals surface area contributed by atoms with E-state index in [0.717, 1.165) is 28.2 Å². The van der Waals surface area contributed by atoms with E-state index in [-0.39, 0.29) is 0 Å². The lowest BCUT2D eigenvalue weighted by atomic mass is 10.3. The number of aldehydes is 1. The van der Waals surface area contributed by atoms with Gasteiger partial charge in [-0.15, -0.1) is 36.1 Å². The monoisotopic (exact) mass is 391 g/mol. The van der Waals surface area contributed by atoms with Gasteiger partial charge in [0, 0.05) is 37.8 Å². The molecule has 26 heavy (non-hydrogen) atoms. The fourth-order valence-corrected chi connectivity index (χ4v) is 3.41. The van der Waals surface area contributed by atoms with Crippen LogP contribution in [0.4, 0.5) is 0 Å². The zero-order valence-corrected chi connectivity index (χ0v) is 16.4. The fraction of sp³-hybridized carbons (Fsp3) is 0.222. The van der Waals surface area contributed by atoms with Crippen molar-refractivity contribution >= 4 is 45.8 Å². The summed E-state index contributed by atoms with van der Waals surface area (Å²) in [6.45, 7) is 6.90. The predicted octanol–water partition coefficient (Wildman–Crippen LogP) is 3.79. The van der Waals surface area contributed by atoms with Gasteiger partial charge in [0.2, 0.25) is 0 Å². The van der Waals surface area contributed by atoms with E-state index in [4.69, 9.17) is 17.0 Å². The highest BCUT2D eigenvalue weighted by molar-refractivity contribution is 7.19. The van der Waals surface area contributed by atoms with Crippen LogP contribution in [0.1, 0.15) is 26.6 Å². The molecule has 0 bridgehead atoms. The summed E-state index contributed by atoms with van der Waals surface area (Å²) in [5.41, 5.74) is 3.05. The third kappa shape index (κ3) is 5.08. The molecular formula is C18H22ClN5OS. The fourth-order valence-electron chi connectivity index (χ4n) is 2.22. The Morgan fingerprint density at radius 2 is 2.19 bits per heavy atom. The van der Waals surface area contributed by atoms with Gasteiger partial charge in [0.15, 0.2) is 11.9 Å². The summed E-state index contributed by atoms with van der Waals surface area (Å²) in [7, 11) is 3.68. The lowest BCUT2D eigenvalue weighted by Crippen LogP contribution is -2.04. The number of alkyl halides is 1. The van der Waals surface area contributed by atoms with E-state index < -0.39 is 0 Å². The van der Waals surface area contributed by atoms with Crippen LogP contribution in [0.15, 0.2) is 37.7 Å². The number of rotatable bonds is 5. The SMILES string of the molecule is C=C.CNCc1cccnc1.Cn1c(C=O)c(C=N)c2sc(CCl)nc21. The van der Waals surface area contributed by atoms with Crippen molar-refractivity contribution in [2.24, 2.45) is 7.05 Å². The van der Waals surface area contributed by atoms with Crippen molar-refractivity contribution in [3.63, 3.8) is 0 Å². The van der Waals surface area contributed by atoms with Gasteiger partial charge in [-0.25, -0.2) is 4.98 Å². The summed E-state index contributed by atoms with van der Waals surface area (Å²) < 4.78 is 2.54. The maximum atomic E-state index is 10.9. The number of aromatic nitrogens is 3. The van der Waals surface area contributed by atoms with Crippen LogP contribution in [0.25, 0.3) is 10.3 Å². The van der Waals surface area contributed by atoms with E-state index >= 15 is 0 Å². The molecule has 0 saturated heterocycles. The van der Waals surface area contributed by atoms with Crippen molar-refractivity contribution in [3.8, 4) is 0 Å². The number of nitrogens with zero attached hydrogens (tertiary/aromatic N) is 3. The highest BCUT2D eigenvalue weighted by Gasteiger charge is 2.17. The second kappa shape index (κ2) is 11.3. The normalized spacial score (nSPS) is 9.65. The number of thiazole rings is 1. The van der Waals surface area contributed by atoms with Crippen LogP contribution >= 0.6 is 22.9 Å². The van der Waals surface area contributed by atoms with E-state index in [1.807, 2.05) is 25.4 Å². The minimum absolute atomic E-state index is 0.354. The molecule has 0 amide bonds. The van der Waals surface area contributed by atoms with Gasteiger partial charge in [-0.2, -0.15) is 0 Å². The molecule has 0 aliphatic heterocycles. The van der Waals surface area contributed by atoms with Crippen molar-refractivity contribution in [1.29, 1.82) is 5.41 Å². The van der Waals surface area contributed by atoms with Gasteiger partial charge in [0.1, 0.15) is 5.01 Å². The second-order valence-electron chi connectivity index (χ2n) is 4.91. The largest absolute Gasteiger partial charge is 0.325 e. The van der Waals surface area contributed by atoms with Crippen molar-refractivity contribution in [2.45, 2.75) is 12.4 Å². The summed E-state index contributed by atoms with van der Waals surface area (Å²) in [5, 5.41) is 11.1. The Balaban J connectivity index is 0.000000263. The molecule has 0 aliphatic carbocycles. The quantitative estimate of drug-likeness (QED) is 0.300. The molecule has 0 atom stereocenters. The topological polar surface area (TPSA) is 83.7 Å². The Labute approximate surface area is 162 Å². The smallest absolute Gasteiger partial charge is 0.167 e. The molecule has 3 aromatic heterocycles. The van der Waals surface area contributed by atoms with Crippen LogP contribution in [0.5, 0.6) is 0 Å². The zero-order valence-electron chi connectivity index (χ0n) is 14.8. The van der Waals surface area contributed by atoms with Crippen molar-refractivity contribution < 1.29 is 4.79 Å². The van der Waals surface area contributed by atoms with Crippen LogP contribution < -0.4 is 5.32 Å². The van der Waals surface area contributed by atoms with Crippen LogP contribution in [-0.4, -0.2) is 34.1 Å². The number of halogens is 1. The molecule has 0 fully saturated rings. The molecule has 0 aromatic carbocycles. The zero-order chi connectivity index (χ0) is 19.5. The highest BCUT2D eigenvalue weighted by atomic mass is 35.5. The minimum atomic E-state index is 0.354. The van der Waals surface area contributed by atoms with Crippen molar-refractivity contribution in [3.05, 3.63) is 59.5 Å². The Hall–Kier alpha value is -2.35. The van der Waals surface area contributed by atoms with Crippen molar-refractivity contribution in [1.82, 2.24) is 19.9 Å². The molecule has 2 N–H and O–H groups in total. The average Bonchev–Trinajstić information content (AvgIpc) is 3.22. The van der Waals surface area contributed by atoms with Gasteiger partial charge < -0.3 is 15.3 Å². The first kappa shape index (κ1) is 21.7. The first-order valence-electron chi connectivity index (χ1n) is 7.69. The third-order valence-electron chi connectivity index (χ3n) is 3.33. The maximum Gasteiger partial charge on any atom is 0.167 e. The lowest BCUT2D eigenvalue weighted by Gasteiger charge is -1.95.